The molecule has 0 spiro atoms. The van der Waals surface area contributed by atoms with Gasteiger partial charge >= 0.3 is 0 Å². The molecule has 0 aliphatic rings. The van der Waals surface area contributed by atoms with Crippen LogP contribution in [-0.2, 0) is 0 Å². The Bertz CT molecular complexity index is 568. The Labute approximate surface area is 118 Å². The van der Waals surface area contributed by atoms with E-state index in [0.29, 0.717) is 5.56 Å². The molecular weight excluding hydrogens is 261 g/mol. The summed E-state index contributed by atoms with van der Waals surface area (Å²) in [6.45, 7) is 4.79. The molecule has 19 heavy (non-hydrogen) atoms. The molecule has 0 radical (unpaired) electrons. The maximum Gasteiger partial charge on any atom is 0.146 e. The SMILES string of the molecule is CCNC(c1ccccc1C)c1cccc(Cl)c1F. The molecular formula is C16H17ClFN. The molecule has 0 aliphatic carbocycles. The van der Waals surface area contributed by atoms with Gasteiger partial charge in [-0.05, 0) is 30.7 Å². The summed E-state index contributed by atoms with van der Waals surface area (Å²) in [4.78, 5) is 0. The van der Waals surface area contributed by atoms with Crippen LogP contribution >= 0.6 is 11.6 Å². The average molecular weight is 278 g/mol. The summed E-state index contributed by atoms with van der Waals surface area (Å²) in [6.07, 6.45) is 0. The van der Waals surface area contributed by atoms with Gasteiger partial charge in [-0.15, -0.1) is 0 Å². The second kappa shape index (κ2) is 6.18. The summed E-state index contributed by atoms with van der Waals surface area (Å²) in [7, 11) is 0. The van der Waals surface area contributed by atoms with Gasteiger partial charge < -0.3 is 5.32 Å². The Hall–Kier alpha value is -1.38. The van der Waals surface area contributed by atoms with Crippen molar-refractivity contribution in [2.24, 2.45) is 0 Å². The zero-order valence-electron chi connectivity index (χ0n) is 11.1. The predicted octanol–water partition coefficient (Wildman–Crippen LogP) is 4.49. The van der Waals surface area contributed by atoms with Gasteiger partial charge in [0.15, 0.2) is 0 Å². The Morgan fingerprint density at radius 3 is 2.47 bits per heavy atom. The Kier molecular flexibility index (Phi) is 4.56. The first-order valence-corrected chi connectivity index (χ1v) is 6.75. The van der Waals surface area contributed by atoms with Crippen molar-refractivity contribution in [2.75, 3.05) is 6.54 Å². The zero-order valence-corrected chi connectivity index (χ0v) is 11.8. The van der Waals surface area contributed by atoms with Crippen molar-refractivity contribution in [2.45, 2.75) is 19.9 Å². The van der Waals surface area contributed by atoms with Crippen LogP contribution in [0.3, 0.4) is 0 Å². The first kappa shape index (κ1) is 14.0. The van der Waals surface area contributed by atoms with Gasteiger partial charge in [-0.2, -0.15) is 0 Å². The third-order valence-electron chi connectivity index (χ3n) is 3.20. The third-order valence-corrected chi connectivity index (χ3v) is 3.49. The van der Waals surface area contributed by atoms with E-state index in [1.165, 1.54) is 0 Å². The fourth-order valence-corrected chi connectivity index (χ4v) is 2.43. The molecule has 0 bridgehead atoms. The van der Waals surface area contributed by atoms with Crippen molar-refractivity contribution in [1.29, 1.82) is 0 Å². The van der Waals surface area contributed by atoms with Crippen LogP contribution in [0.4, 0.5) is 4.39 Å². The van der Waals surface area contributed by atoms with Gasteiger partial charge in [-0.3, -0.25) is 0 Å². The maximum absolute atomic E-state index is 14.2. The van der Waals surface area contributed by atoms with E-state index in [-0.39, 0.29) is 16.9 Å². The number of rotatable bonds is 4. The Morgan fingerprint density at radius 1 is 1.11 bits per heavy atom. The lowest BCUT2D eigenvalue weighted by atomic mass is 9.94. The summed E-state index contributed by atoms with van der Waals surface area (Å²) in [5.74, 6) is -0.349. The summed E-state index contributed by atoms with van der Waals surface area (Å²) in [5, 5.41) is 3.49. The molecule has 1 nitrogen and oxygen atoms in total. The standard InChI is InChI=1S/C16H17ClFN/c1-3-19-16(12-8-5-4-7-11(12)2)13-9-6-10-14(17)15(13)18/h4-10,16,19H,3H2,1-2H3. The monoisotopic (exact) mass is 277 g/mol. The van der Waals surface area contributed by atoms with E-state index in [9.17, 15) is 4.39 Å². The second-order valence-corrected chi connectivity index (χ2v) is 4.90. The summed E-state index contributed by atoms with van der Waals surface area (Å²) in [6, 6.07) is 13.0. The van der Waals surface area contributed by atoms with Crippen LogP contribution in [0.25, 0.3) is 0 Å². The molecule has 0 fully saturated rings. The molecule has 2 aromatic carbocycles. The molecule has 100 valence electrons. The van der Waals surface area contributed by atoms with Gasteiger partial charge in [0.1, 0.15) is 5.82 Å². The van der Waals surface area contributed by atoms with Gasteiger partial charge in [0.25, 0.3) is 0 Å². The number of aryl methyl sites for hydroxylation is 1. The third kappa shape index (κ3) is 2.96. The highest BCUT2D eigenvalue weighted by Gasteiger charge is 2.19. The van der Waals surface area contributed by atoms with Gasteiger partial charge in [0, 0.05) is 5.56 Å². The van der Waals surface area contributed by atoms with Crippen molar-refractivity contribution in [3.05, 3.63) is 70.0 Å². The minimum atomic E-state index is -0.349. The molecule has 0 heterocycles. The van der Waals surface area contributed by atoms with Crippen molar-refractivity contribution in [3.8, 4) is 0 Å². The average Bonchev–Trinajstić information content (AvgIpc) is 2.41. The minimum absolute atomic E-state index is 0.161. The number of halogens is 2. The number of nitrogens with one attached hydrogen (secondary N) is 1. The molecule has 0 aliphatic heterocycles. The maximum atomic E-state index is 14.2. The first-order chi connectivity index (χ1) is 9.15. The van der Waals surface area contributed by atoms with E-state index in [1.54, 1.807) is 18.2 Å². The fourth-order valence-electron chi connectivity index (χ4n) is 2.25. The molecule has 1 N–H and O–H groups in total. The van der Waals surface area contributed by atoms with Crippen LogP contribution in [0.2, 0.25) is 5.02 Å². The number of hydrogen-bond acceptors (Lipinski definition) is 1. The molecule has 0 saturated heterocycles. The minimum Gasteiger partial charge on any atom is -0.306 e. The van der Waals surface area contributed by atoms with E-state index < -0.39 is 0 Å². The lowest BCUT2D eigenvalue weighted by Crippen LogP contribution is -2.23. The highest BCUT2D eigenvalue weighted by Crippen LogP contribution is 2.29. The van der Waals surface area contributed by atoms with Gasteiger partial charge in [0.05, 0.1) is 11.1 Å². The summed E-state index contributed by atoms with van der Waals surface area (Å²) < 4.78 is 14.2. The van der Waals surface area contributed by atoms with E-state index in [1.807, 2.05) is 38.1 Å². The Morgan fingerprint density at radius 2 is 1.79 bits per heavy atom. The van der Waals surface area contributed by atoms with E-state index in [4.69, 9.17) is 11.6 Å². The zero-order chi connectivity index (χ0) is 13.8. The van der Waals surface area contributed by atoms with Gasteiger partial charge in [-0.25, -0.2) is 4.39 Å². The lowest BCUT2D eigenvalue weighted by molar-refractivity contribution is 0.558. The quantitative estimate of drug-likeness (QED) is 0.868. The first-order valence-electron chi connectivity index (χ1n) is 6.38. The van der Waals surface area contributed by atoms with E-state index in [0.717, 1.165) is 17.7 Å². The molecule has 1 unspecified atom stereocenters. The lowest BCUT2D eigenvalue weighted by Gasteiger charge is -2.21. The van der Waals surface area contributed by atoms with Crippen LogP contribution in [-0.4, -0.2) is 6.54 Å². The summed E-state index contributed by atoms with van der Waals surface area (Å²) in [5.41, 5.74) is 2.79. The van der Waals surface area contributed by atoms with Gasteiger partial charge in [-0.1, -0.05) is 54.9 Å². The normalized spacial score (nSPS) is 12.4. The van der Waals surface area contributed by atoms with Crippen molar-refractivity contribution < 1.29 is 4.39 Å². The predicted molar refractivity (Wildman–Crippen MR) is 78.1 cm³/mol. The summed E-state index contributed by atoms with van der Waals surface area (Å²) >= 11 is 5.88. The molecule has 2 rings (SSSR count). The topological polar surface area (TPSA) is 12.0 Å². The van der Waals surface area contributed by atoms with Crippen molar-refractivity contribution >= 4 is 11.6 Å². The molecule has 0 aromatic heterocycles. The van der Waals surface area contributed by atoms with E-state index >= 15 is 0 Å². The smallest absolute Gasteiger partial charge is 0.146 e. The molecule has 1 atom stereocenters. The van der Waals surface area contributed by atoms with Crippen LogP contribution in [0.15, 0.2) is 42.5 Å². The highest BCUT2D eigenvalue weighted by atomic mass is 35.5. The number of benzene rings is 2. The van der Waals surface area contributed by atoms with Crippen molar-refractivity contribution in [3.63, 3.8) is 0 Å². The van der Waals surface area contributed by atoms with Crippen LogP contribution < -0.4 is 5.32 Å². The number of hydrogen-bond donors (Lipinski definition) is 1. The molecule has 0 saturated carbocycles. The van der Waals surface area contributed by atoms with Gasteiger partial charge in [0.2, 0.25) is 0 Å². The van der Waals surface area contributed by atoms with Crippen molar-refractivity contribution in [1.82, 2.24) is 5.32 Å². The highest BCUT2D eigenvalue weighted by molar-refractivity contribution is 6.30. The van der Waals surface area contributed by atoms with E-state index in [2.05, 4.69) is 5.32 Å². The fraction of sp³-hybridized carbons (Fsp3) is 0.250. The van der Waals surface area contributed by atoms with Crippen LogP contribution in [0, 0.1) is 12.7 Å². The van der Waals surface area contributed by atoms with Crippen LogP contribution in [0.5, 0.6) is 0 Å². The Balaban J connectivity index is 2.52. The largest absolute Gasteiger partial charge is 0.306 e. The van der Waals surface area contributed by atoms with Crippen LogP contribution in [0.1, 0.15) is 29.7 Å². The molecule has 2 aromatic rings. The molecule has 3 heteroatoms. The molecule has 0 amide bonds. The second-order valence-electron chi connectivity index (χ2n) is 4.49.